The summed E-state index contributed by atoms with van der Waals surface area (Å²) in [6.45, 7) is 4.06. The molecule has 0 saturated carbocycles. The number of Topliss-reactive ketones (excluding diaryl/α,β-unsaturated/α-hetero) is 1. The SMILES string of the molecule is COc1ccc([C@H](NC(=O)[C@@H](C)NC(=O)c2ccccc2Cl)C(=O)N[C@H](C(=O)C(F)(F)F)C(C)C)cc1. The van der Waals surface area contributed by atoms with Crippen molar-refractivity contribution in [1.82, 2.24) is 16.0 Å². The highest BCUT2D eigenvalue weighted by atomic mass is 35.5. The van der Waals surface area contributed by atoms with Crippen molar-refractivity contribution in [2.24, 2.45) is 5.92 Å². The number of carbonyl (C=O) groups excluding carboxylic acids is 4. The van der Waals surface area contributed by atoms with Crippen LogP contribution in [-0.2, 0) is 14.4 Å². The van der Waals surface area contributed by atoms with Gasteiger partial charge in [-0.25, -0.2) is 0 Å². The van der Waals surface area contributed by atoms with Gasteiger partial charge in [-0.2, -0.15) is 13.2 Å². The molecule has 0 unspecified atom stereocenters. The number of methoxy groups -OCH3 is 1. The fraction of sp³-hybridized carbons (Fsp3) is 0.360. The van der Waals surface area contributed by atoms with Crippen LogP contribution in [0.5, 0.6) is 5.75 Å². The van der Waals surface area contributed by atoms with Crippen molar-refractivity contribution in [3.63, 3.8) is 0 Å². The lowest BCUT2D eigenvalue weighted by molar-refractivity contribution is -0.175. The van der Waals surface area contributed by atoms with Gasteiger partial charge in [-0.15, -0.1) is 0 Å². The van der Waals surface area contributed by atoms with E-state index >= 15 is 0 Å². The first-order valence-electron chi connectivity index (χ1n) is 11.2. The molecule has 0 saturated heterocycles. The molecule has 0 bridgehead atoms. The molecule has 3 amide bonds. The van der Waals surface area contributed by atoms with Gasteiger partial charge < -0.3 is 20.7 Å². The summed E-state index contributed by atoms with van der Waals surface area (Å²) >= 11 is 6.01. The van der Waals surface area contributed by atoms with Gasteiger partial charge in [0.05, 0.1) is 23.7 Å². The molecule has 2 rings (SSSR count). The van der Waals surface area contributed by atoms with E-state index in [1.807, 2.05) is 0 Å². The number of rotatable bonds is 10. The predicted molar refractivity (Wildman–Crippen MR) is 130 cm³/mol. The number of hydrogen-bond acceptors (Lipinski definition) is 5. The summed E-state index contributed by atoms with van der Waals surface area (Å²) in [5, 5.41) is 7.16. The van der Waals surface area contributed by atoms with Crippen molar-refractivity contribution in [3.8, 4) is 5.75 Å². The number of benzene rings is 2. The van der Waals surface area contributed by atoms with Crippen LogP contribution in [0.25, 0.3) is 0 Å². The molecule has 3 N–H and O–H groups in total. The standard InChI is InChI=1S/C25H27ClF3N3O5/c1-13(2)19(21(33)25(27,28)29)31-24(36)20(15-9-11-16(37-4)12-10-15)32-22(34)14(3)30-23(35)17-7-5-6-8-18(17)26/h5-14,19-20H,1-4H3,(H,30,35)(H,31,36)(H,32,34)/t14-,19+,20+/m1/s1. The first-order valence-corrected chi connectivity index (χ1v) is 11.5. The second kappa shape index (κ2) is 12.6. The van der Waals surface area contributed by atoms with Crippen molar-refractivity contribution in [2.75, 3.05) is 7.11 Å². The van der Waals surface area contributed by atoms with E-state index in [0.29, 0.717) is 5.75 Å². The molecule has 2 aromatic rings. The van der Waals surface area contributed by atoms with E-state index in [-0.39, 0.29) is 16.1 Å². The molecule has 0 aliphatic rings. The number of hydrogen-bond donors (Lipinski definition) is 3. The average Bonchev–Trinajstić information content (AvgIpc) is 2.84. The van der Waals surface area contributed by atoms with Gasteiger partial charge in [0, 0.05) is 0 Å². The van der Waals surface area contributed by atoms with Crippen molar-refractivity contribution >= 4 is 35.1 Å². The molecule has 0 aliphatic carbocycles. The molecule has 0 heterocycles. The minimum Gasteiger partial charge on any atom is -0.497 e. The molecule has 37 heavy (non-hydrogen) atoms. The Morgan fingerprint density at radius 2 is 1.46 bits per heavy atom. The van der Waals surface area contributed by atoms with Crippen LogP contribution in [0.3, 0.4) is 0 Å². The highest BCUT2D eigenvalue weighted by Gasteiger charge is 2.45. The number of halogens is 4. The Bertz CT molecular complexity index is 1140. The fourth-order valence-electron chi connectivity index (χ4n) is 3.30. The van der Waals surface area contributed by atoms with Gasteiger partial charge in [0.2, 0.25) is 11.8 Å². The lowest BCUT2D eigenvalue weighted by Crippen LogP contribution is -2.54. The Morgan fingerprint density at radius 1 is 0.865 bits per heavy atom. The first-order chi connectivity index (χ1) is 17.3. The summed E-state index contributed by atoms with van der Waals surface area (Å²) in [5.41, 5.74) is 0.331. The van der Waals surface area contributed by atoms with E-state index < -0.39 is 53.7 Å². The highest BCUT2D eigenvalue weighted by molar-refractivity contribution is 6.33. The smallest absolute Gasteiger partial charge is 0.452 e. The van der Waals surface area contributed by atoms with E-state index in [9.17, 15) is 32.3 Å². The van der Waals surface area contributed by atoms with E-state index in [2.05, 4.69) is 16.0 Å². The second-order valence-corrected chi connectivity index (χ2v) is 8.89. The molecular formula is C25H27ClF3N3O5. The molecular weight excluding hydrogens is 515 g/mol. The van der Waals surface area contributed by atoms with Crippen LogP contribution >= 0.6 is 11.6 Å². The zero-order valence-electron chi connectivity index (χ0n) is 20.5. The van der Waals surface area contributed by atoms with Gasteiger partial charge in [0.15, 0.2) is 0 Å². The van der Waals surface area contributed by atoms with E-state index in [1.165, 1.54) is 64.3 Å². The van der Waals surface area contributed by atoms with Crippen LogP contribution in [-0.4, -0.2) is 48.9 Å². The molecule has 2 aromatic carbocycles. The van der Waals surface area contributed by atoms with Crippen LogP contribution < -0.4 is 20.7 Å². The molecule has 8 nitrogen and oxygen atoms in total. The number of alkyl halides is 3. The molecule has 0 aliphatic heterocycles. The molecule has 200 valence electrons. The maximum atomic E-state index is 13.1. The number of amides is 3. The minimum absolute atomic E-state index is 0.124. The van der Waals surface area contributed by atoms with Crippen molar-refractivity contribution in [2.45, 2.75) is 45.1 Å². The van der Waals surface area contributed by atoms with Gasteiger partial charge >= 0.3 is 6.18 Å². The molecule has 0 spiro atoms. The Balaban J connectivity index is 2.28. The lowest BCUT2D eigenvalue weighted by atomic mass is 9.97. The maximum absolute atomic E-state index is 13.1. The second-order valence-electron chi connectivity index (χ2n) is 8.48. The Hall–Kier alpha value is -3.60. The summed E-state index contributed by atoms with van der Waals surface area (Å²) in [6, 6.07) is 7.51. The molecule has 0 fully saturated rings. The largest absolute Gasteiger partial charge is 0.497 e. The quantitative estimate of drug-likeness (QED) is 0.425. The summed E-state index contributed by atoms with van der Waals surface area (Å²) in [5.74, 6) is -5.06. The van der Waals surface area contributed by atoms with Crippen LogP contribution in [0, 0.1) is 5.92 Å². The molecule has 3 atom stereocenters. The third-order valence-electron chi connectivity index (χ3n) is 5.38. The van der Waals surface area contributed by atoms with Gasteiger partial charge in [-0.05, 0) is 42.7 Å². The monoisotopic (exact) mass is 541 g/mol. The van der Waals surface area contributed by atoms with E-state index in [1.54, 1.807) is 12.1 Å². The fourth-order valence-corrected chi connectivity index (χ4v) is 3.52. The zero-order valence-corrected chi connectivity index (χ0v) is 21.2. The van der Waals surface area contributed by atoms with E-state index in [0.717, 1.165) is 0 Å². The molecule has 12 heteroatoms. The third-order valence-corrected chi connectivity index (χ3v) is 5.71. The van der Waals surface area contributed by atoms with Gasteiger partial charge in [0.1, 0.15) is 17.8 Å². The topological polar surface area (TPSA) is 114 Å². The van der Waals surface area contributed by atoms with Crippen molar-refractivity contribution in [1.29, 1.82) is 0 Å². The summed E-state index contributed by atoms with van der Waals surface area (Å²) < 4.78 is 44.3. The lowest BCUT2D eigenvalue weighted by Gasteiger charge is -2.26. The van der Waals surface area contributed by atoms with Crippen LogP contribution in [0.2, 0.25) is 5.02 Å². The molecule has 0 radical (unpaired) electrons. The predicted octanol–water partition coefficient (Wildman–Crippen LogP) is 3.60. The van der Waals surface area contributed by atoms with Gasteiger partial charge in [-0.1, -0.05) is 49.7 Å². The maximum Gasteiger partial charge on any atom is 0.452 e. The van der Waals surface area contributed by atoms with Crippen molar-refractivity contribution in [3.05, 3.63) is 64.7 Å². The Kier molecular flexibility index (Phi) is 10.1. The number of carbonyl (C=O) groups is 4. The normalized spacial score (nSPS) is 13.8. The summed E-state index contributed by atoms with van der Waals surface area (Å²) in [7, 11) is 1.42. The van der Waals surface area contributed by atoms with Crippen LogP contribution in [0.4, 0.5) is 13.2 Å². The zero-order chi connectivity index (χ0) is 27.9. The van der Waals surface area contributed by atoms with E-state index in [4.69, 9.17) is 16.3 Å². The Morgan fingerprint density at radius 3 is 1.97 bits per heavy atom. The average molecular weight is 542 g/mol. The van der Waals surface area contributed by atoms with Crippen LogP contribution in [0.15, 0.2) is 48.5 Å². The number of ketones is 1. The number of nitrogens with one attached hydrogen (secondary N) is 3. The van der Waals surface area contributed by atoms with Crippen molar-refractivity contribution < 1.29 is 37.1 Å². The number of ether oxygens (including phenoxy) is 1. The third kappa shape index (κ3) is 7.94. The van der Waals surface area contributed by atoms with Crippen LogP contribution in [0.1, 0.15) is 42.7 Å². The van der Waals surface area contributed by atoms with Gasteiger partial charge in [-0.3, -0.25) is 19.2 Å². The molecule has 0 aromatic heterocycles. The Labute approximate surface area is 216 Å². The van der Waals surface area contributed by atoms with Gasteiger partial charge in [0.25, 0.3) is 11.7 Å². The minimum atomic E-state index is -5.17. The summed E-state index contributed by atoms with van der Waals surface area (Å²) in [6.07, 6.45) is -5.17. The highest BCUT2D eigenvalue weighted by Crippen LogP contribution is 2.23. The first kappa shape index (κ1) is 29.6. The summed E-state index contributed by atoms with van der Waals surface area (Å²) in [4.78, 5) is 50.4.